The molecule has 1 aliphatic carbocycles. The maximum atomic E-state index is 5.29. The maximum Gasteiger partial charge on any atom is 0.161 e. The lowest BCUT2D eigenvalue weighted by Gasteiger charge is -2.23. The predicted molar refractivity (Wildman–Crippen MR) is 247 cm³/mol. The molecule has 59 heavy (non-hydrogen) atoms. The quantitative estimate of drug-likeness (QED) is 0.169. The van der Waals surface area contributed by atoms with Crippen molar-refractivity contribution in [1.29, 1.82) is 0 Å². The normalized spacial score (nSPS) is 12.7. The van der Waals surface area contributed by atoms with Crippen LogP contribution < -0.4 is 0 Å². The third kappa shape index (κ3) is 5.87. The number of aromatic nitrogens is 2. The SMILES string of the molecule is CC1(C)c2cccc(-c3ccc(-c4ccc(-c5nc(-c6ccccc6)cc(-c6cccc(-c7ccccc7)c6)n5)c5ccccc45)cc3)c2-c2ccc3ccccc3c21. The van der Waals surface area contributed by atoms with Gasteiger partial charge < -0.3 is 0 Å². The molecule has 9 aromatic carbocycles. The molecular weight excluding hydrogens is 713 g/mol. The molecule has 0 saturated carbocycles. The number of benzene rings is 9. The third-order valence-corrected chi connectivity index (χ3v) is 12.3. The van der Waals surface area contributed by atoms with Crippen LogP contribution in [-0.2, 0) is 5.41 Å². The highest BCUT2D eigenvalue weighted by Crippen LogP contribution is 2.54. The summed E-state index contributed by atoms with van der Waals surface area (Å²) in [5.41, 5.74) is 17.5. The minimum Gasteiger partial charge on any atom is -0.228 e. The van der Waals surface area contributed by atoms with Gasteiger partial charge in [-0.05, 0) is 95.4 Å². The summed E-state index contributed by atoms with van der Waals surface area (Å²) in [6, 6.07) is 74.2. The Labute approximate surface area is 345 Å². The second kappa shape index (κ2) is 13.9. The zero-order chi connectivity index (χ0) is 39.5. The number of hydrogen-bond acceptors (Lipinski definition) is 2. The molecule has 11 rings (SSSR count). The van der Waals surface area contributed by atoms with Crippen LogP contribution >= 0.6 is 0 Å². The summed E-state index contributed by atoms with van der Waals surface area (Å²) in [4.78, 5) is 10.5. The lowest BCUT2D eigenvalue weighted by atomic mass is 9.80. The van der Waals surface area contributed by atoms with Gasteiger partial charge in [-0.15, -0.1) is 0 Å². The largest absolute Gasteiger partial charge is 0.228 e. The summed E-state index contributed by atoms with van der Waals surface area (Å²) in [6.07, 6.45) is 0. The minimum absolute atomic E-state index is 0.0978. The van der Waals surface area contributed by atoms with Crippen molar-refractivity contribution in [2.45, 2.75) is 19.3 Å². The number of hydrogen-bond donors (Lipinski definition) is 0. The van der Waals surface area contributed by atoms with Crippen molar-refractivity contribution in [2.24, 2.45) is 0 Å². The molecule has 278 valence electrons. The van der Waals surface area contributed by atoms with Crippen molar-refractivity contribution in [3.8, 4) is 78.4 Å². The summed E-state index contributed by atoms with van der Waals surface area (Å²) in [5, 5.41) is 4.92. The van der Waals surface area contributed by atoms with Gasteiger partial charge in [-0.2, -0.15) is 0 Å². The fourth-order valence-corrected chi connectivity index (χ4v) is 9.43. The topological polar surface area (TPSA) is 25.8 Å². The fraction of sp³-hybridized carbons (Fsp3) is 0.0526. The van der Waals surface area contributed by atoms with E-state index < -0.39 is 0 Å². The smallest absolute Gasteiger partial charge is 0.161 e. The molecular formula is C57H40N2. The van der Waals surface area contributed by atoms with E-state index in [1.807, 2.05) is 6.07 Å². The first-order chi connectivity index (χ1) is 29.0. The van der Waals surface area contributed by atoms with E-state index in [9.17, 15) is 0 Å². The molecule has 0 atom stereocenters. The van der Waals surface area contributed by atoms with E-state index in [-0.39, 0.29) is 5.41 Å². The zero-order valence-electron chi connectivity index (χ0n) is 33.0. The lowest BCUT2D eigenvalue weighted by Crippen LogP contribution is -2.15. The lowest BCUT2D eigenvalue weighted by molar-refractivity contribution is 0.666. The fourth-order valence-electron chi connectivity index (χ4n) is 9.43. The molecule has 0 aliphatic heterocycles. The van der Waals surface area contributed by atoms with Crippen molar-refractivity contribution in [2.75, 3.05) is 0 Å². The highest BCUT2D eigenvalue weighted by atomic mass is 14.9. The van der Waals surface area contributed by atoms with E-state index in [1.54, 1.807) is 0 Å². The van der Waals surface area contributed by atoms with E-state index in [1.165, 1.54) is 66.2 Å². The van der Waals surface area contributed by atoms with Gasteiger partial charge in [0.05, 0.1) is 11.4 Å². The molecule has 0 spiro atoms. The van der Waals surface area contributed by atoms with Gasteiger partial charge in [-0.1, -0.05) is 202 Å². The molecule has 1 aromatic heterocycles. The van der Waals surface area contributed by atoms with E-state index >= 15 is 0 Å². The molecule has 0 radical (unpaired) electrons. The standard InChI is InChI=1S/C57H40N2/c1-57(2)51-26-14-25-45(54(51)50-32-31-38-17-9-10-22-46(38)55(50)57)40-29-27-39(28-30-40)44-33-34-49(48-24-12-11-23-47(44)48)56-58-52(41-18-7-4-8-19-41)36-53(59-56)43-21-13-20-42(35-43)37-15-5-3-6-16-37/h3-36H,1-2H3. The Morgan fingerprint density at radius 2 is 0.881 bits per heavy atom. The van der Waals surface area contributed by atoms with Gasteiger partial charge in [0.1, 0.15) is 0 Å². The Bertz CT molecular complexity index is 3220. The Hall–Kier alpha value is -7.42. The Morgan fingerprint density at radius 3 is 1.63 bits per heavy atom. The van der Waals surface area contributed by atoms with Gasteiger partial charge in [0.2, 0.25) is 0 Å². The molecule has 0 N–H and O–H groups in total. The van der Waals surface area contributed by atoms with Gasteiger partial charge in [0.15, 0.2) is 5.82 Å². The van der Waals surface area contributed by atoms with Crippen LogP contribution in [0.25, 0.3) is 100.0 Å². The Morgan fingerprint density at radius 1 is 0.339 bits per heavy atom. The molecule has 2 heteroatoms. The minimum atomic E-state index is -0.0978. The van der Waals surface area contributed by atoms with Crippen molar-refractivity contribution in [3.05, 3.63) is 217 Å². The van der Waals surface area contributed by atoms with E-state index in [0.717, 1.165) is 39.0 Å². The molecule has 0 unspecified atom stereocenters. The van der Waals surface area contributed by atoms with Crippen molar-refractivity contribution >= 4 is 21.5 Å². The van der Waals surface area contributed by atoms with Gasteiger partial charge in [-0.25, -0.2) is 9.97 Å². The maximum absolute atomic E-state index is 5.29. The molecule has 1 heterocycles. The molecule has 0 fully saturated rings. The predicted octanol–water partition coefficient (Wildman–Crippen LogP) is 15.1. The summed E-state index contributed by atoms with van der Waals surface area (Å²) >= 11 is 0. The summed E-state index contributed by atoms with van der Waals surface area (Å²) in [6.45, 7) is 4.75. The number of rotatable bonds is 6. The summed E-state index contributed by atoms with van der Waals surface area (Å²) < 4.78 is 0. The van der Waals surface area contributed by atoms with Crippen LogP contribution in [0.15, 0.2) is 206 Å². The second-order valence-electron chi connectivity index (χ2n) is 16.1. The molecule has 1 aliphatic rings. The van der Waals surface area contributed by atoms with Gasteiger partial charge in [0, 0.05) is 22.1 Å². The monoisotopic (exact) mass is 752 g/mol. The van der Waals surface area contributed by atoms with E-state index in [4.69, 9.17) is 9.97 Å². The van der Waals surface area contributed by atoms with Crippen molar-refractivity contribution in [3.63, 3.8) is 0 Å². The molecule has 10 aromatic rings. The summed E-state index contributed by atoms with van der Waals surface area (Å²) in [5.74, 6) is 0.707. The molecule has 2 nitrogen and oxygen atoms in total. The average molecular weight is 753 g/mol. The van der Waals surface area contributed by atoms with Gasteiger partial charge in [0.25, 0.3) is 0 Å². The van der Waals surface area contributed by atoms with Crippen LogP contribution in [0.2, 0.25) is 0 Å². The third-order valence-electron chi connectivity index (χ3n) is 12.3. The van der Waals surface area contributed by atoms with Crippen LogP contribution in [0, 0.1) is 0 Å². The Balaban J connectivity index is 1.00. The van der Waals surface area contributed by atoms with Crippen LogP contribution in [0.3, 0.4) is 0 Å². The van der Waals surface area contributed by atoms with Crippen LogP contribution in [0.5, 0.6) is 0 Å². The van der Waals surface area contributed by atoms with E-state index in [2.05, 4.69) is 214 Å². The van der Waals surface area contributed by atoms with Gasteiger partial charge >= 0.3 is 0 Å². The molecule has 0 amide bonds. The highest BCUT2D eigenvalue weighted by Gasteiger charge is 2.38. The number of nitrogens with zero attached hydrogens (tertiary/aromatic N) is 2. The van der Waals surface area contributed by atoms with Crippen molar-refractivity contribution < 1.29 is 0 Å². The van der Waals surface area contributed by atoms with Crippen molar-refractivity contribution in [1.82, 2.24) is 9.97 Å². The first kappa shape index (κ1) is 34.8. The van der Waals surface area contributed by atoms with Crippen LogP contribution in [-0.4, -0.2) is 9.97 Å². The molecule has 0 saturated heterocycles. The number of fused-ring (bicyclic) bond motifs is 6. The first-order valence-corrected chi connectivity index (χ1v) is 20.4. The van der Waals surface area contributed by atoms with Crippen LogP contribution in [0.4, 0.5) is 0 Å². The van der Waals surface area contributed by atoms with Crippen LogP contribution in [0.1, 0.15) is 25.0 Å². The van der Waals surface area contributed by atoms with Gasteiger partial charge in [-0.3, -0.25) is 0 Å². The summed E-state index contributed by atoms with van der Waals surface area (Å²) in [7, 11) is 0. The first-order valence-electron chi connectivity index (χ1n) is 20.4. The Kier molecular flexibility index (Phi) is 8.20. The average Bonchev–Trinajstić information content (AvgIpc) is 3.55. The van der Waals surface area contributed by atoms with E-state index in [0.29, 0.717) is 5.82 Å². The second-order valence-corrected chi connectivity index (χ2v) is 16.1. The molecule has 0 bridgehead atoms. The zero-order valence-corrected chi connectivity index (χ0v) is 33.0. The highest BCUT2D eigenvalue weighted by molar-refractivity contribution is 6.05.